The normalized spacial score (nSPS) is 21.5. The Morgan fingerprint density at radius 3 is 1.09 bits per heavy atom. The minimum absolute atomic E-state index is 0.0136. The third-order valence-corrected chi connectivity index (χ3v) is 31.5. The van der Waals surface area contributed by atoms with Gasteiger partial charge < -0.3 is 51.1 Å². The van der Waals surface area contributed by atoms with E-state index < -0.39 is 22.9 Å². The number of pyridine rings is 3. The van der Waals surface area contributed by atoms with Gasteiger partial charge in [0, 0.05) is 139 Å². The summed E-state index contributed by atoms with van der Waals surface area (Å²) in [5.74, 6) is -0.989. The number of nitrogen functional groups attached to an aromatic ring is 1. The number of hydrogen-bond donors (Lipinski definition) is 9. The first-order chi connectivity index (χ1) is 71.9. The molecule has 20 rings (SSSR count). The Balaban J connectivity index is 0.000000133. The quantitative estimate of drug-likeness (QED) is 0.0200. The Bertz CT molecular complexity index is 7520. The highest BCUT2D eigenvalue weighted by Crippen LogP contribution is 2.49. The van der Waals surface area contributed by atoms with Crippen LogP contribution in [0.5, 0.6) is 0 Å². The largest absolute Gasteiger partial charge is 0.619 e. The van der Waals surface area contributed by atoms with Crippen molar-refractivity contribution in [3.8, 4) is 51.0 Å². The Labute approximate surface area is 884 Å². The van der Waals surface area contributed by atoms with Gasteiger partial charge in [-0.25, -0.2) is 28.1 Å². The van der Waals surface area contributed by atoms with Crippen LogP contribution >= 0.6 is 58.0 Å². The van der Waals surface area contributed by atoms with Gasteiger partial charge in [-0.3, -0.25) is 43.5 Å². The first kappa shape index (κ1) is 108. The molecule has 10 aromatic heterocycles. The van der Waals surface area contributed by atoms with Crippen LogP contribution in [0.3, 0.4) is 0 Å². The number of aromatic amines is 1. The number of aromatic nitrogens is 19. The van der Waals surface area contributed by atoms with E-state index in [-0.39, 0.29) is 90.8 Å². The molecule has 0 bridgehead atoms. The molecule has 10 heterocycles. The van der Waals surface area contributed by atoms with Crippen LogP contribution in [0.15, 0.2) is 274 Å². The summed E-state index contributed by atoms with van der Waals surface area (Å²) in [5.41, 5.74) is 57.2. The molecular weight excluding hydrogens is 1990 g/mol. The fraction of sp³-hybridized carbons (Fsp3) is 0.349. The van der Waals surface area contributed by atoms with Crippen molar-refractivity contribution in [2.75, 3.05) is 38.5 Å². The van der Waals surface area contributed by atoms with Crippen LogP contribution in [0.4, 0.5) is 5.69 Å². The number of primary amides is 2. The van der Waals surface area contributed by atoms with E-state index in [0.29, 0.717) is 124 Å². The number of hydrogen-bond acceptors (Lipinski definition) is 25. The van der Waals surface area contributed by atoms with Crippen LogP contribution in [0.25, 0.3) is 51.0 Å². The third-order valence-electron chi connectivity index (χ3n) is 30.4. The zero-order valence-electron chi connectivity index (χ0n) is 82.5. The molecule has 5 fully saturated rings. The Morgan fingerprint density at radius 1 is 0.403 bits per heavy atom. The highest BCUT2D eigenvalue weighted by molar-refractivity contribution is 6.32. The minimum Gasteiger partial charge on any atom is -0.619 e. The average molecular weight is 2110 g/mol. The molecule has 40 heteroatoms. The van der Waals surface area contributed by atoms with E-state index in [1.807, 2.05) is 121 Å². The number of benzene rings is 5. The van der Waals surface area contributed by atoms with E-state index in [1.165, 1.54) is 45.0 Å². The van der Waals surface area contributed by atoms with E-state index in [1.54, 1.807) is 98.2 Å². The van der Waals surface area contributed by atoms with Crippen LogP contribution in [0.2, 0.25) is 25.1 Å². The average Bonchev–Trinajstić information content (AvgIpc) is 1.79. The lowest BCUT2D eigenvalue weighted by molar-refractivity contribution is -0.604. The van der Waals surface area contributed by atoms with E-state index in [2.05, 4.69) is 92.4 Å². The number of nitrogens with two attached hydrogens (primary N) is 8. The van der Waals surface area contributed by atoms with Crippen LogP contribution in [0.1, 0.15) is 226 Å². The molecule has 5 saturated carbocycles. The van der Waals surface area contributed by atoms with Crippen molar-refractivity contribution in [1.29, 1.82) is 0 Å². The van der Waals surface area contributed by atoms with Gasteiger partial charge in [0.15, 0.2) is 18.2 Å². The number of H-pyrrole nitrogens is 1. The van der Waals surface area contributed by atoms with E-state index >= 15 is 0 Å². The number of carbonyl (C=O) groups excluding carboxylic acids is 2. The predicted octanol–water partition coefficient (Wildman–Crippen LogP) is 15.1. The van der Waals surface area contributed by atoms with Crippen molar-refractivity contribution < 1.29 is 14.3 Å². The molecule has 0 aliphatic heterocycles. The van der Waals surface area contributed by atoms with Crippen molar-refractivity contribution in [3.05, 3.63) is 376 Å². The Morgan fingerprint density at radius 2 is 0.752 bits per heavy atom. The first-order valence-corrected chi connectivity index (χ1v) is 51.9. The van der Waals surface area contributed by atoms with Gasteiger partial charge in [-0.1, -0.05) is 137 Å². The second-order valence-corrected chi connectivity index (χ2v) is 41.3. The van der Waals surface area contributed by atoms with Gasteiger partial charge >= 0.3 is 0 Å². The zero-order chi connectivity index (χ0) is 105. The second kappa shape index (κ2) is 48.1. The first-order valence-electron chi connectivity index (χ1n) is 50.0. The maximum atomic E-state index is 13.0. The van der Waals surface area contributed by atoms with Crippen LogP contribution in [-0.4, -0.2) is 134 Å². The van der Waals surface area contributed by atoms with Gasteiger partial charge in [0.05, 0.1) is 70.9 Å². The minimum atomic E-state index is -0.829. The molecule has 5 aromatic carbocycles. The molecule has 0 atom stereocenters. The fourth-order valence-electron chi connectivity index (χ4n) is 21.6. The summed E-state index contributed by atoms with van der Waals surface area (Å²) >= 11 is 31.0. The Hall–Kier alpha value is -14.0. The summed E-state index contributed by atoms with van der Waals surface area (Å²) < 4.78 is 9.78. The van der Waals surface area contributed by atoms with Crippen LogP contribution in [-0.2, 0) is 33.5 Å². The zero-order valence-corrected chi connectivity index (χ0v) is 86.3. The van der Waals surface area contributed by atoms with Crippen molar-refractivity contribution in [2.24, 2.45) is 40.1 Å². The van der Waals surface area contributed by atoms with Gasteiger partial charge in [0.1, 0.15) is 28.2 Å². The topological polar surface area (TPSA) is 542 Å². The molecule has 0 radical (unpaired) electrons. The summed E-state index contributed by atoms with van der Waals surface area (Å²) in [6.45, 7) is 4.71. The standard InChI is InChI=1S/C23H24ClN5O3.C23H24ClN5O2.C22H27ClN6O.C22H24ClN5O.C19H21ClN6O/c24-17-5-1-4-16(11-17)23(14-25)8-6-18(7-9-23)29-22(31)19(21(26)30)12-20(27-29)15-3-2-10-28(32)13-15;24-17-5-1-4-16(11-17)23(14-25)8-6-18(7-9-23)29-22(31)19(21(26)30)12-20(28-29)15-3-2-10-27-13-15;1-2-4-18-14-28(27-25-18)20-7-8-21(30)29(26-20)19-9-11-22(15-24,12-10-19)16-5-3-6-17(23)13-16;23-17-5-1-4-16(11-17)22(14-24)8-6-18(7-9-22)28-21(29)19(25)12-20(27-28)15-3-2-10-26-13-15;20-14-3-1-2-13(10-14)19(12-21)8-6-15(7-9-19)26-18(27)5-4-16(24-26)17-11-22-25-23-17/h1-5,10-13,18H,6-9,14,25H2,(H2,26,30);1-5,10-13,18H,6-9,14,25H2,(H2,26,30);3,5-8,13-14,19H,2,4,9-12,15,24H2,1H3;1-5,10-13,18H,6-9,14,24-25H2;1-5,10-11,15H,6-9,12,21H2,(H,22,23,25). The number of halogens is 5. The SMILES string of the molecule is CCCc1cn(-c2ccc(=O)n(C3CCC(CN)(c4cccc(Cl)c4)CC3)n2)nn1.NCC1(c2cccc(Cl)c2)CCC(n2nc(-c3ccc[n+]([O-])c3)cc(C(N)=O)c2=O)CC1.NCC1(c2cccc(Cl)c2)CCC(n2nc(-c3cccnc3)cc(C(N)=O)c2=O)CC1.NCC1(c2cccc(Cl)c2)CCC(n2nc(-c3cccnc3)cc(N)c2=O)CC1.NCC1(c2cccc(Cl)c2)CCC(n2nc(-c3cn[nH]n3)ccc2=O)CC1. The van der Waals surface area contributed by atoms with Crippen molar-refractivity contribution >= 4 is 75.5 Å². The van der Waals surface area contributed by atoms with Crippen LogP contribution < -0.4 is 78.4 Å². The summed E-state index contributed by atoms with van der Waals surface area (Å²) in [6, 6.07) is 60.5. The number of aryl methyl sites for hydroxylation is 1. The molecular formula is C109H120Cl5N27O8. The number of carbonyl (C=O) groups is 2. The lowest BCUT2D eigenvalue weighted by Crippen LogP contribution is -2.42. The fourth-order valence-corrected chi connectivity index (χ4v) is 22.5. The lowest BCUT2D eigenvalue weighted by Gasteiger charge is -2.40. The number of rotatable bonds is 24. The lowest BCUT2D eigenvalue weighted by atomic mass is 9.68. The molecule has 35 nitrogen and oxygen atoms in total. The van der Waals surface area contributed by atoms with Crippen molar-refractivity contribution in [2.45, 2.75) is 205 Å². The highest BCUT2D eigenvalue weighted by atomic mass is 35.5. The summed E-state index contributed by atoms with van der Waals surface area (Å²) in [5, 5.41) is 56.8. The van der Waals surface area contributed by atoms with Crippen molar-refractivity contribution in [1.82, 2.24) is 89.3 Å². The molecule has 2 amide bonds. The summed E-state index contributed by atoms with van der Waals surface area (Å²) in [6.07, 6.45) is 30.7. The van der Waals surface area contributed by atoms with Crippen LogP contribution in [0, 0.1) is 5.21 Å². The Kier molecular flexibility index (Phi) is 34.8. The molecule has 5 aliphatic rings. The maximum absolute atomic E-state index is 13.0. The molecule has 0 unspecified atom stereocenters. The molecule has 5 aliphatic carbocycles. The summed E-state index contributed by atoms with van der Waals surface area (Å²) in [7, 11) is 0. The molecule has 0 saturated heterocycles. The van der Waals surface area contributed by atoms with E-state index in [0.717, 1.165) is 154 Å². The molecule has 17 N–H and O–H groups in total. The summed E-state index contributed by atoms with van der Waals surface area (Å²) in [4.78, 5) is 95.8. The number of nitrogens with one attached hydrogen (secondary N) is 1. The predicted molar refractivity (Wildman–Crippen MR) is 578 cm³/mol. The van der Waals surface area contributed by atoms with Gasteiger partial charge in [0.2, 0.25) is 0 Å². The van der Waals surface area contributed by atoms with E-state index in [4.69, 9.17) is 104 Å². The second-order valence-electron chi connectivity index (χ2n) is 39.2. The number of amides is 2. The third kappa shape index (κ3) is 24.6. The molecule has 149 heavy (non-hydrogen) atoms. The monoisotopic (exact) mass is 2110 g/mol. The van der Waals surface area contributed by atoms with Gasteiger partial charge in [-0.05, 0) is 284 Å². The highest BCUT2D eigenvalue weighted by Gasteiger charge is 2.44. The van der Waals surface area contributed by atoms with Gasteiger partial charge in [-0.15, -0.1) is 10.2 Å². The molecule has 774 valence electrons. The van der Waals surface area contributed by atoms with Gasteiger partial charge in [-0.2, -0.15) is 40.5 Å². The number of nitrogens with zero attached hydrogens (tertiary/aromatic N) is 18. The maximum Gasteiger partial charge on any atom is 0.290 e. The molecule has 0 spiro atoms. The smallest absolute Gasteiger partial charge is 0.290 e. The van der Waals surface area contributed by atoms with E-state index in [9.17, 15) is 38.8 Å². The number of anilines is 1. The van der Waals surface area contributed by atoms with Crippen molar-refractivity contribution in [3.63, 3.8) is 0 Å². The molecule has 15 aromatic rings. The van der Waals surface area contributed by atoms with Gasteiger partial charge in [0.25, 0.3) is 39.6 Å².